The van der Waals surface area contributed by atoms with Crippen molar-refractivity contribution in [2.24, 2.45) is 5.73 Å². The first-order valence-corrected chi connectivity index (χ1v) is 8.09. The second-order valence-corrected chi connectivity index (χ2v) is 6.53. The molecule has 0 spiro atoms. The smallest absolute Gasteiger partial charge is 0.123 e. The highest BCUT2D eigenvalue weighted by Gasteiger charge is 2.29. The first-order valence-electron chi connectivity index (χ1n) is 7.68. The summed E-state index contributed by atoms with van der Waals surface area (Å²) >= 11 is 5.07. The Hall–Kier alpha value is -1.04. The van der Waals surface area contributed by atoms with Gasteiger partial charge in [-0.05, 0) is 56.1 Å². The van der Waals surface area contributed by atoms with Crippen molar-refractivity contribution in [2.75, 3.05) is 26.2 Å². The Morgan fingerprint density at radius 1 is 1.29 bits per heavy atom. The maximum absolute atomic E-state index is 13.5. The highest BCUT2D eigenvalue weighted by Crippen LogP contribution is 2.23. The van der Waals surface area contributed by atoms with Gasteiger partial charge < -0.3 is 5.73 Å². The van der Waals surface area contributed by atoms with E-state index in [9.17, 15) is 4.39 Å². The zero-order valence-corrected chi connectivity index (χ0v) is 13.0. The van der Waals surface area contributed by atoms with E-state index in [0.29, 0.717) is 11.0 Å². The normalized spacial score (nSPS) is 23.8. The zero-order valence-electron chi connectivity index (χ0n) is 12.2. The van der Waals surface area contributed by atoms with Crippen LogP contribution >= 0.6 is 12.2 Å². The molecule has 2 fully saturated rings. The second kappa shape index (κ2) is 6.38. The standard InChI is InChI=1S/C16H22FN3S/c17-13-3-4-15(16(18)21)12(9-13)10-19-8-5-14(11-19)20-6-1-2-7-20/h3-4,9,14H,1-2,5-8,10-11H2,(H2,18,21). The van der Waals surface area contributed by atoms with E-state index in [1.807, 2.05) is 0 Å². The fourth-order valence-electron chi connectivity index (χ4n) is 3.53. The molecule has 1 aromatic carbocycles. The first-order chi connectivity index (χ1) is 10.1. The third-order valence-electron chi connectivity index (χ3n) is 4.63. The van der Waals surface area contributed by atoms with Crippen LogP contribution < -0.4 is 5.73 Å². The molecule has 2 heterocycles. The molecular weight excluding hydrogens is 285 g/mol. The molecule has 0 aromatic heterocycles. The van der Waals surface area contributed by atoms with Gasteiger partial charge in [-0.1, -0.05) is 12.2 Å². The van der Waals surface area contributed by atoms with E-state index in [-0.39, 0.29) is 5.82 Å². The first kappa shape index (κ1) is 14.9. The number of hydrogen-bond acceptors (Lipinski definition) is 3. The van der Waals surface area contributed by atoms with Crippen LogP contribution in [-0.2, 0) is 6.54 Å². The molecule has 0 radical (unpaired) electrons. The van der Waals surface area contributed by atoms with E-state index < -0.39 is 0 Å². The van der Waals surface area contributed by atoms with Gasteiger partial charge in [0, 0.05) is 31.2 Å². The summed E-state index contributed by atoms with van der Waals surface area (Å²) < 4.78 is 13.5. The van der Waals surface area contributed by atoms with Crippen LogP contribution in [0.15, 0.2) is 18.2 Å². The predicted octanol–water partition coefficient (Wildman–Crippen LogP) is 2.13. The lowest BCUT2D eigenvalue weighted by Gasteiger charge is -2.24. The number of hydrogen-bond donors (Lipinski definition) is 1. The van der Waals surface area contributed by atoms with Gasteiger partial charge in [0.15, 0.2) is 0 Å². The molecule has 2 aliphatic heterocycles. The molecular formula is C16H22FN3S. The number of likely N-dealkylation sites (tertiary alicyclic amines) is 2. The summed E-state index contributed by atoms with van der Waals surface area (Å²) in [6, 6.07) is 5.35. The van der Waals surface area contributed by atoms with E-state index in [1.54, 1.807) is 12.1 Å². The van der Waals surface area contributed by atoms with Gasteiger partial charge in [-0.2, -0.15) is 0 Å². The third kappa shape index (κ3) is 3.42. The van der Waals surface area contributed by atoms with Gasteiger partial charge in [0.1, 0.15) is 10.8 Å². The fraction of sp³-hybridized carbons (Fsp3) is 0.562. The predicted molar refractivity (Wildman–Crippen MR) is 86.8 cm³/mol. The Bertz CT molecular complexity index is 528. The van der Waals surface area contributed by atoms with E-state index in [4.69, 9.17) is 18.0 Å². The van der Waals surface area contributed by atoms with Gasteiger partial charge in [0.25, 0.3) is 0 Å². The van der Waals surface area contributed by atoms with Crippen LogP contribution in [0, 0.1) is 5.82 Å². The van der Waals surface area contributed by atoms with Crippen molar-refractivity contribution in [3.05, 3.63) is 35.1 Å². The second-order valence-electron chi connectivity index (χ2n) is 6.09. The van der Waals surface area contributed by atoms with Gasteiger partial charge in [-0.25, -0.2) is 4.39 Å². The zero-order chi connectivity index (χ0) is 14.8. The van der Waals surface area contributed by atoms with Gasteiger partial charge in [-0.15, -0.1) is 0 Å². The maximum Gasteiger partial charge on any atom is 0.123 e. The van der Waals surface area contributed by atoms with Crippen LogP contribution in [0.1, 0.15) is 30.4 Å². The number of rotatable bonds is 4. The average molecular weight is 307 g/mol. The summed E-state index contributed by atoms with van der Waals surface area (Å²) in [5.74, 6) is -0.222. The molecule has 114 valence electrons. The van der Waals surface area contributed by atoms with Gasteiger partial charge in [0.2, 0.25) is 0 Å². The Morgan fingerprint density at radius 2 is 2.05 bits per heavy atom. The molecule has 0 aliphatic carbocycles. The Labute approximate surface area is 130 Å². The van der Waals surface area contributed by atoms with Crippen molar-refractivity contribution in [1.29, 1.82) is 0 Å². The number of nitrogens with zero attached hydrogens (tertiary/aromatic N) is 2. The van der Waals surface area contributed by atoms with Crippen LogP contribution in [0.4, 0.5) is 4.39 Å². The van der Waals surface area contributed by atoms with Gasteiger partial charge >= 0.3 is 0 Å². The van der Waals surface area contributed by atoms with Crippen molar-refractivity contribution in [3.8, 4) is 0 Å². The van der Waals surface area contributed by atoms with Crippen molar-refractivity contribution < 1.29 is 4.39 Å². The van der Waals surface area contributed by atoms with Gasteiger partial charge in [-0.3, -0.25) is 9.80 Å². The number of nitrogens with two attached hydrogens (primary N) is 1. The highest BCUT2D eigenvalue weighted by molar-refractivity contribution is 7.80. The van der Waals surface area contributed by atoms with Crippen molar-refractivity contribution >= 4 is 17.2 Å². The summed E-state index contributed by atoms with van der Waals surface area (Å²) in [6.45, 7) is 5.32. The number of halogens is 1. The lowest BCUT2D eigenvalue weighted by molar-refractivity contribution is 0.230. The number of thiocarbonyl (C=S) groups is 1. The minimum absolute atomic E-state index is 0.222. The summed E-state index contributed by atoms with van der Waals surface area (Å²) in [5, 5.41) is 0. The fourth-order valence-corrected chi connectivity index (χ4v) is 3.73. The van der Waals surface area contributed by atoms with E-state index in [2.05, 4.69) is 9.80 Å². The maximum atomic E-state index is 13.5. The molecule has 2 aliphatic rings. The molecule has 2 saturated heterocycles. The van der Waals surface area contributed by atoms with Crippen LogP contribution in [0.25, 0.3) is 0 Å². The summed E-state index contributed by atoms with van der Waals surface area (Å²) in [4.78, 5) is 5.33. The van der Waals surface area contributed by atoms with Crippen LogP contribution in [0.5, 0.6) is 0 Å². The topological polar surface area (TPSA) is 32.5 Å². The minimum atomic E-state index is -0.222. The third-order valence-corrected chi connectivity index (χ3v) is 4.85. The monoisotopic (exact) mass is 307 g/mol. The molecule has 1 atom stereocenters. The summed E-state index contributed by atoms with van der Waals surface area (Å²) in [5.41, 5.74) is 7.46. The molecule has 3 rings (SSSR count). The molecule has 2 N–H and O–H groups in total. The van der Waals surface area contributed by atoms with Crippen LogP contribution in [-0.4, -0.2) is 47.0 Å². The Balaban J connectivity index is 1.67. The minimum Gasteiger partial charge on any atom is -0.389 e. The SMILES string of the molecule is NC(=S)c1ccc(F)cc1CN1CCC(N2CCCC2)C1. The van der Waals surface area contributed by atoms with E-state index in [1.165, 1.54) is 38.4 Å². The lowest BCUT2D eigenvalue weighted by Crippen LogP contribution is -2.35. The molecule has 1 aromatic rings. The molecule has 1 unspecified atom stereocenters. The lowest BCUT2D eigenvalue weighted by atomic mass is 10.1. The van der Waals surface area contributed by atoms with Crippen LogP contribution in [0.2, 0.25) is 0 Å². The molecule has 0 saturated carbocycles. The van der Waals surface area contributed by atoms with E-state index in [0.717, 1.165) is 30.8 Å². The Morgan fingerprint density at radius 3 is 2.76 bits per heavy atom. The molecule has 0 amide bonds. The van der Waals surface area contributed by atoms with Crippen molar-refractivity contribution in [3.63, 3.8) is 0 Å². The van der Waals surface area contributed by atoms with Crippen molar-refractivity contribution in [2.45, 2.75) is 31.8 Å². The quantitative estimate of drug-likeness (QED) is 0.864. The highest BCUT2D eigenvalue weighted by atomic mass is 32.1. The molecule has 5 heteroatoms. The Kier molecular flexibility index (Phi) is 4.52. The van der Waals surface area contributed by atoms with Crippen molar-refractivity contribution in [1.82, 2.24) is 9.80 Å². The van der Waals surface area contributed by atoms with Gasteiger partial charge in [0.05, 0.1) is 0 Å². The van der Waals surface area contributed by atoms with E-state index >= 15 is 0 Å². The largest absolute Gasteiger partial charge is 0.389 e. The van der Waals surface area contributed by atoms with Crippen LogP contribution in [0.3, 0.4) is 0 Å². The summed E-state index contributed by atoms with van der Waals surface area (Å²) in [7, 11) is 0. The summed E-state index contributed by atoms with van der Waals surface area (Å²) in [6.07, 6.45) is 3.86. The molecule has 21 heavy (non-hydrogen) atoms. The molecule has 3 nitrogen and oxygen atoms in total. The number of benzene rings is 1. The average Bonchev–Trinajstić information content (AvgIpc) is 3.08. The molecule has 0 bridgehead atoms.